The van der Waals surface area contributed by atoms with Gasteiger partial charge in [0, 0.05) is 24.6 Å². The lowest BCUT2D eigenvalue weighted by atomic mass is 9.85. The maximum atomic E-state index is 13.2. The van der Waals surface area contributed by atoms with Crippen LogP contribution in [0.3, 0.4) is 0 Å². The maximum Gasteiger partial charge on any atom is 0.305 e. The monoisotopic (exact) mass is 418 g/mol. The van der Waals surface area contributed by atoms with Crippen molar-refractivity contribution < 1.29 is 19.1 Å². The number of methoxy groups -OCH3 is 1. The molecule has 0 amide bonds. The van der Waals surface area contributed by atoms with Gasteiger partial charge >= 0.3 is 5.97 Å². The summed E-state index contributed by atoms with van der Waals surface area (Å²) in [5.74, 6) is -1.83. The molecule has 7 nitrogen and oxygen atoms in total. The maximum absolute atomic E-state index is 13.2. The van der Waals surface area contributed by atoms with E-state index >= 15 is 0 Å². The molecule has 0 saturated heterocycles. The summed E-state index contributed by atoms with van der Waals surface area (Å²) in [5.41, 5.74) is 1.28. The largest absolute Gasteiger partial charge is 0.469 e. The van der Waals surface area contributed by atoms with Crippen LogP contribution >= 0.6 is 0 Å². The Hall–Kier alpha value is -3.87. The predicted octanol–water partition coefficient (Wildman–Crippen LogP) is 2.85. The number of rotatable bonds is 9. The number of aromatic amines is 1. The molecule has 158 valence electrons. The van der Waals surface area contributed by atoms with Gasteiger partial charge in [0.1, 0.15) is 5.78 Å². The molecule has 0 spiro atoms. The zero-order valence-corrected chi connectivity index (χ0v) is 17.0. The van der Waals surface area contributed by atoms with Crippen molar-refractivity contribution in [3.8, 4) is 0 Å². The number of aromatic nitrogens is 2. The Morgan fingerprint density at radius 1 is 0.935 bits per heavy atom. The molecule has 0 atom stereocenters. The van der Waals surface area contributed by atoms with Gasteiger partial charge in [-0.25, -0.2) is 4.98 Å². The molecule has 1 aromatic heterocycles. The smallest absolute Gasteiger partial charge is 0.305 e. The van der Waals surface area contributed by atoms with Crippen molar-refractivity contribution in [2.45, 2.75) is 25.2 Å². The van der Waals surface area contributed by atoms with E-state index in [1.54, 1.807) is 0 Å². The van der Waals surface area contributed by atoms with Crippen LogP contribution in [0.15, 0.2) is 71.7 Å². The molecule has 0 radical (unpaired) electrons. The van der Waals surface area contributed by atoms with E-state index in [-0.39, 0.29) is 36.4 Å². The standard InChI is InChI=1S/C24H22N2O5/c1-31-21(29)13-12-19(27)23-25-15-18(24(30)26-23)14-20(28)22(16-8-4-2-5-9-16)17-10-6-3-7-11-17/h2-11,15,22H,12-14H2,1H3,(H,25,26,30). The average molecular weight is 418 g/mol. The van der Waals surface area contributed by atoms with Crippen LogP contribution in [-0.2, 0) is 20.7 Å². The van der Waals surface area contributed by atoms with E-state index in [1.165, 1.54) is 13.3 Å². The van der Waals surface area contributed by atoms with Crippen LogP contribution in [0.4, 0.5) is 0 Å². The SMILES string of the molecule is COC(=O)CCC(=O)c1ncc(CC(=O)C(c2ccccc2)c2ccccc2)c(=O)[nH]1. The topological polar surface area (TPSA) is 106 Å². The van der Waals surface area contributed by atoms with Crippen LogP contribution in [-0.4, -0.2) is 34.6 Å². The summed E-state index contributed by atoms with van der Waals surface area (Å²) in [6.07, 6.45) is 0.885. The van der Waals surface area contributed by atoms with Crippen molar-refractivity contribution in [3.05, 3.63) is 99.7 Å². The highest BCUT2D eigenvalue weighted by atomic mass is 16.5. The van der Waals surface area contributed by atoms with Gasteiger partial charge in [0.2, 0.25) is 0 Å². The number of hydrogen-bond acceptors (Lipinski definition) is 6. The van der Waals surface area contributed by atoms with Gasteiger partial charge in [-0.05, 0) is 11.1 Å². The summed E-state index contributed by atoms with van der Waals surface area (Å²) in [7, 11) is 1.23. The Bertz CT molecular complexity index is 1080. The first-order valence-corrected chi connectivity index (χ1v) is 9.80. The van der Waals surface area contributed by atoms with E-state index in [4.69, 9.17) is 0 Å². The Labute approximate surface area is 179 Å². The fourth-order valence-corrected chi connectivity index (χ4v) is 3.27. The number of ketones is 2. The number of nitrogens with zero attached hydrogens (tertiary/aromatic N) is 1. The molecular weight excluding hydrogens is 396 g/mol. The summed E-state index contributed by atoms with van der Waals surface area (Å²) in [5, 5.41) is 0. The number of ether oxygens (including phenoxy) is 1. The Kier molecular flexibility index (Phi) is 7.22. The highest BCUT2D eigenvalue weighted by Gasteiger charge is 2.24. The number of H-pyrrole nitrogens is 1. The molecule has 31 heavy (non-hydrogen) atoms. The minimum atomic E-state index is -0.551. The molecular formula is C24H22N2O5. The van der Waals surface area contributed by atoms with Gasteiger partial charge in [-0.1, -0.05) is 60.7 Å². The van der Waals surface area contributed by atoms with Crippen LogP contribution in [0, 0.1) is 0 Å². The van der Waals surface area contributed by atoms with Crippen molar-refractivity contribution in [2.24, 2.45) is 0 Å². The van der Waals surface area contributed by atoms with E-state index in [0.29, 0.717) is 0 Å². The van der Waals surface area contributed by atoms with Gasteiger partial charge in [-0.15, -0.1) is 0 Å². The minimum Gasteiger partial charge on any atom is -0.469 e. The zero-order valence-electron chi connectivity index (χ0n) is 17.0. The minimum absolute atomic E-state index is 0.102. The number of esters is 1. The molecule has 0 aliphatic heterocycles. The molecule has 7 heteroatoms. The van der Waals surface area contributed by atoms with Gasteiger partial charge in [-0.2, -0.15) is 0 Å². The molecule has 0 bridgehead atoms. The van der Waals surface area contributed by atoms with Crippen LogP contribution in [0.1, 0.15) is 46.1 Å². The first-order valence-electron chi connectivity index (χ1n) is 9.80. The average Bonchev–Trinajstić information content (AvgIpc) is 2.80. The third kappa shape index (κ3) is 5.60. The van der Waals surface area contributed by atoms with Crippen molar-refractivity contribution in [1.82, 2.24) is 9.97 Å². The van der Waals surface area contributed by atoms with E-state index in [9.17, 15) is 19.2 Å². The quantitative estimate of drug-likeness (QED) is 0.423. The van der Waals surface area contributed by atoms with Gasteiger partial charge in [0.05, 0.1) is 19.4 Å². The fourth-order valence-electron chi connectivity index (χ4n) is 3.27. The van der Waals surface area contributed by atoms with E-state index in [0.717, 1.165) is 11.1 Å². The molecule has 0 aliphatic carbocycles. The molecule has 0 saturated carbocycles. The number of carbonyl (C=O) groups excluding carboxylic acids is 3. The second-order valence-electron chi connectivity index (χ2n) is 6.98. The molecule has 0 fully saturated rings. The zero-order chi connectivity index (χ0) is 22.2. The molecule has 3 aromatic rings. The molecule has 2 aromatic carbocycles. The lowest BCUT2D eigenvalue weighted by molar-refractivity contribution is -0.140. The number of Topliss-reactive ketones (excluding diaryl/α,β-unsaturated/α-hetero) is 2. The molecule has 0 aliphatic rings. The van der Waals surface area contributed by atoms with Crippen LogP contribution < -0.4 is 5.56 Å². The lowest BCUT2D eigenvalue weighted by Crippen LogP contribution is -2.24. The fraction of sp³-hybridized carbons (Fsp3) is 0.208. The predicted molar refractivity (Wildman–Crippen MR) is 114 cm³/mol. The highest BCUT2D eigenvalue weighted by molar-refractivity contribution is 5.94. The molecule has 0 unspecified atom stereocenters. The summed E-state index contributed by atoms with van der Waals surface area (Å²) in [6.45, 7) is 0. The molecule has 1 N–H and O–H groups in total. The molecule has 1 heterocycles. The Morgan fingerprint density at radius 2 is 1.52 bits per heavy atom. The third-order valence-corrected chi connectivity index (χ3v) is 4.87. The normalized spacial score (nSPS) is 10.6. The van der Waals surface area contributed by atoms with Gasteiger partial charge in [-0.3, -0.25) is 19.2 Å². The van der Waals surface area contributed by atoms with Crippen LogP contribution in [0.5, 0.6) is 0 Å². The highest BCUT2D eigenvalue weighted by Crippen LogP contribution is 2.26. The molecule has 3 rings (SSSR count). The lowest BCUT2D eigenvalue weighted by Gasteiger charge is -2.17. The van der Waals surface area contributed by atoms with Gasteiger partial charge in [0.15, 0.2) is 11.6 Å². The first-order chi connectivity index (χ1) is 15.0. The summed E-state index contributed by atoms with van der Waals surface area (Å²) in [4.78, 5) is 55.4. The van der Waals surface area contributed by atoms with E-state index in [1.807, 2.05) is 60.7 Å². The van der Waals surface area contributed by atoms with Crippen molar-refractivity contribution in [1.29, 1.82) is 0 Å². The number of carbonyl (C=O) groups is 3. The van der Waals surface area contributed by atoms with Crippen LogP contribution in [0.25, 0.3) is 0 Å². The second kappa shape index (κ2) is 10.2. The van der Waals surface area contributed by atoms with Crippen molar-refractivity contribution >= 4 is 17.5 Å². The van der Waals surface area contributed by atoms with E-state index < -0.39 is 23.2 Å². The first kappa shape index (κ1) is 21.8. The van der Waals surface area contributed by atoms with Gasteiger partial charge < -0.3 is 9.72 Å². The summed E-state index contributed by atoms with van der Waals surface area (Å²) < 4.78 is 4.50. The van der Waals surface area contributed by atoms with Crippen molar-refractivity contribution in [3.63, 3.8) is 0 Å². The third-order valence-electron chi connectivity index (χ3n) is 4.87. The number of hydrogen-bond donors (Lipinski definition) is 1. The summed E-state index contributed by atoms with van der Waals surface area (Å²) >= 11 is 0. The Morgan fingerprint density at radius 3 is 2.03 bits per heavy atom. The number of nitrogens with one attached hydrogen (secondary N) is 1. The number of benzene rings is 2. The second-order valence-corrected chi connectivity index (χ2v) is 6.98. The van der Waals surface area contributed by atoms with Crippen molar-refractivity contribution in [2.75, 3.05) is 7.11 Å². The Balaban J connectivity index is 1.80. The van der Waals surface area contributed by atoms with Gasteiger partial charge in [0.25, 0.3) is 5.56 Å². The van der Waals surface area contributed by atoms with Crippen LogP contribution in [0.2, 0.25) is 0 Å². The summed E-state index contributed by atoms with van der Waals surface area (Å²) in [6, 6.07) is 18.7. The van der Waals surface area contributed by atoms with E-state index in [2.05, 4.69) is 14.7 Å².